The Morgan fingerprint density at radius 2 is 1.50 bits per heavy atom. The maximum absolute atomic E-state index is 12.4. The van der Waals surface area contributed by atoms with E-state index in [0.29, 0.717) is 39.0 Å². The Morgan fingerprint density at radius 3 is 2.10 bits per heavy atom. The molecule has 0 aromatic heterocycles. The summed E-state index contributed by atoms with van der Waals surface area (Å²) < 4.78 is 5.09. The number of carbonyl (C=O) groups is 4. The summed E-state index contributed by atoms with van der Waals surface area (Å²) in [5, 5.41) is 0. The molecule has 3 fully saturated rings. The highest BCUT2D eigenvalue weighted by Crippen LogP contribution is 2.37. The zero-order valence-corrected chi connectivity index (χ0v) is 17.0. The zero-order valence-electron chi connectivity index (χ0n) is 17.0. The molecule has 30 heavy (non-hydrogen) atoms. The Morgan fingerprint density at radius 1 is 0.900 bits per heavy atom. The maximum Gasteiger partial charge on any atom is 0.326 e. The summed E-state index contributed by atoms with van der Waals surface area (Å²) in [7, 11) is 0. The Labute approximate surface area is 175 Å². The third-order valence-electron chi connectivity index (χ3n) is 6.33. The largest absolute Gasteiger partial charge is 0.454 e. The van der Waals surface area contributed by atoms with Gasteiger partial charge in [-0.15, -0.1) is 0 Å². The molecule has 8 nitrogen and oxygen atoms in total. The van der Waals surface area contributed by atoms with Crippen molar-refractivity contribution in [3.63, 3.8) is 0 Å². The fourth-order valence-corrected chi connectivity index (χ4v) is 4.65. The van der Waals surface area contributed by atoms with Gasteiger partial charge in [0, 0.05) is 31.9 Å². The molecule has 2 saturated heterocycles. The van der Waals surface area contributed by atoms with Gasteiger partial charge in [0.05, 0.1) is 11.8 Å². The lowest BCUT2D eigenvalue weighted by molar-refractivity contribution is -0.156. The summed E-state index contributed by atoms with van der Waals surface area (Å²) in [5.74, 6) is -2.10. The normalized spacial score (nSPS) is 24.1. The van der Waals surface area contributed by atoms with E-state index in [-0.39, 0.29) is 36.2 Å². The first-order valence-electron chi connectivity index (χ1n) is 10.6. The molecule has 0 bridgehead atoms. The number of benzene rings is 1. The predicted molar refractivity (Wildman–Crippen MR) is 108 cm³/mol. The number of hydrogen-bond acceptors (Lipinski definition) is 6. The lowest BCUT2D eigenvalue weighted by Crippen LogP contribution is -2.50. The van der Waals surface area contributed by atoms with Gasteiger partial charge in [0.1, 0.15) is 6.54 Å². The number of piperazine rings is 1. The van der Waals surface area contributed by atoms with Crippen molar-refractivity contribution in [2.45, 2.75) is 25.7 Å². The van der Waals surface area contributed by atoms with Crippen molar-refractivity contribution in [3.05, 3.63) is 30.3 Å². The van der Waals surface area contributed by atoms with Gasteiger partial charge in [-0.05, 0) is 25.0 Å². The molecule has 4 rings (SSSR count). The highest BCUT2D eigenvalue weighted by Gasteiger charge is 2.48. The number of carbonyl (C=O) groups excluding carboxylic acids is 4. The van der Waals surface area contributed by atoms with Gasteiger partial charge >= 0.3 is 5.97 Å². The minimum Gasteiger partial charge on any atom is -0.454 e. The van der Waals surface area contributed by atoms with Gasteiger partial charge in [-0.2, -0.15) is 0 Å². The average molecular weight is 413 g/mol. The monoisotopic (exact) mass is 413 g/mol. The first kappa shape index (κ1) is 20.4. The minimum atomic E-state index is -0.716. The molecule has 0 N–H and O–H groups in total. The van der Waals surface area contributed by atoms with Crippen LogP contribution in [-0.4, -0.2) is 72.8 Å². The number of esters is 1. The minimum absolute atomic E-state index is 0.260. The van der Waals surface area contributed by atoms with E-state index in [2.05, 4.69) is 4.90 Å². The quantitative estimate of drug-likeness (QED) is 0.530. The zero-order chi connectivity index (χ0) is 21.1. The standard InChI is InChI=1S/C22H27N3O5/c26-19(24-12-10-23(11-13-24)16-6-2-1-3-7-16)15-30-20(27)14-25-21(28)17-8-4-5-9-18(17)22(25)29/h1-3,6-7,17-18H,4-5,8-15H2/t17-,18-/m0/s1. The van der Waals surface area contributed by atoms with E-state index >= 15 is 0 Å². The third kappa shape index (κ3) is 4.17. The summed E-state index contributed by atoms with van der Waals surface area (Å²) in [6, 6.07) is 10.0. The molecule has 3 aliphatic rings. The fraction of sp³-hybridized carbons (Fsp3) is 0.545. The lowest BCUT2D eigenvalue weighted by atomic mass is 9.81. The van der Waals surface area contributed by atoms with E-state index in [1.165, 1.54) is 0 Å². The fourth-order valence-electron chi connectivity index (χ4n) is 4.65. The van der Waals surface area contributed by atoms with Crippen LogP contribution in [0, 0.1) is 11.8 Å². The second-order valence-corrected chi connectivity index (χ2v) is 8.12. The Hall–Kier alpha value is -2.90. The van der Waals surface area contributed by atoms with E-state index in [1.807, 2.05) is 30.3 Å². The highest BCUT2D eigenvalue weighted by atomic mass is 16.5. The molecule has 0 radical (unpaired) electrons. The number of imide groups is 1. The van der Waals surface area contributed by atoms with E-state index < -0.39 is 12.5 Å². The average Bonchev–Trinajstić information content (AvgIpc) is 3.03. The topological polar surface area (TPSA) is 87.2 Å². The first-order chi connectivity index (χ1) is 14.5. The number of amides is 3. The highest BCUT2D eigenvalue weighted by molar-refractivity contribution is 6.07. The molecule has 8 heteroatoms. The molecule has 2 heterocycles. The van der Waals surface area contributed by atoms with E-state index in [4.69, 9.17) is 4.74 Å². The van der Waals surface area contributed by atoms with Crippen molar-refractivity contribution >= 4 is 29.4 Å². The van der Waals surface area contributed by atoms with E-state index in [9.17, 15) is 19.2 Å². The van der Waals surface area contributed by atoms with Crippen LogP contribution in [-0.2, 0) is 23.9 Å². The maximum atomic E-state index is 12.4. The summed E-state index contributed by atoms with van der Waals surface area (Å²) in [6.07, 6.45) is 3.28. The van der Waals surface area contributed by atoms with Gasteiger partial charge in [0.15, 0.2) is 6.61 Å². The number of anilines is 1. The molecule has 1 aromatic rings. The second-order valence-electron chi connectivity index (χ2n) is 8.12. The molecule has 0 spiro atoms. The van der Waals surface area contributed by atoms with Gasteiger partial charge in [-0.3, -0.25) is 24.1 Å². The Balaban J connectivity index is 1.22. The summed E-state index contributed by atoms with van der Waals surface area (Å²) >= 11 is 0. The van der Waals surface area contributed by atoms with Crippen molar-refractivity contribution in [2.24, 2.45) is 11.8 Å². The predicted octanol–water partition coefficient (Wildman–Crippen LogP) is 1.05. The SMILES string of the molecule is O=C(CN1C(=O)[C@H]2CCCC[C@@H]2C1=O)OCC(=O)N1CCN(c2ccccc2)CC1. The van der Waals surface area contributed by atoms with Crippen molar-refractivity contribution in [1.29, 1.82) is 0 Å². The van der Waals surface area contributed by atoms with E-state index in [0.717, 1.165) is 23.4 Å². The van der Waals surface area contributed by atoms with Crippen LogP contribution in [0.2, 0.25) is 0 Å². The smallest absolute Gasteiger partial charge is 0.326 e. The molecule has 1 aliphatic carbocycles. The molecule has 160 valence electrons. The van der Waals surface area contributed by atoms with Gasteiger partial charge in [0.25, 0.3) is 5.91 Å². The van der Waals surface area contributed by atoms with Crippen molar-refractivity contribution < 1.29 is 23.9 Å². The number of hydrogen-bond donors (Lipinski definition) is 0. The van der Waals surface area contributed by atoms with Crippen molar-refractivity contribution in [2.75, 3.05) is 44.2 Å². The first-order valence-corrected chi connectivity index (χ1v) is 10.6. The van der Waals surface area contributed by atoms with Crippen LogP contribution in [0.5, 0.6) is 0 Å². The van der Waals surface area contributed by atoms with Gasteiger partial charge in [0.2, 0.25) is 11.8 Å². The van der Waals surface area contributed by atoms with Gasteiger partial charge < -0.3 is 14.5 Å². The molecule has 3 amide bonds. The molecular formula is C22H27N3O5. The number of likely N-dealkylation sites (tertiary alicyclic amines) is 1. The second kappa shape index (κ2) is 8.85. The molecule has 1 saturated carbocycles. The Bertz CT molecular complexity index is 795. The van der Waals surface area contributed by atoms with Crippen molar-refractivity contribution in [3.8, 4) is 0 Å². The third-order valence-corrected chi connectivity index (χ3v) is 6.33. The van der Waals surface area contributed by atoms with Crippen LogP contribution in [0.1, 0.15) is 25.7 Å². The van der Waals surface area contributed by atoms with Crippen LogP contribution in [0.15, 0.2) is 30.3 Å². The van der Waals surface area contributed by atoms with Crippen molar-refractivity contribution in [1.82, 2.24) is 9.80 Å². The lowest BCUT2D eigenvalue weighted by Gasteiger charge is -2.36. The Kier molecular flexibility index (Phi) is 6.01. The number of fused-ring (bicyclic) bond motifs is 1. The van der Waals surface area contributed by atoms with Crippen LogP contribution < -0.4 is 4.90 Å². The summed E-state index contributed by atoms with van der Waals surface area (Å²) in [5.41, 5.74) is 1.12. The van der Waals surface area contributed by atoms with Gasteiger partial charge in [-0.25, -0.2) is 0 Å². The number of ether oxygens (including phenoxy) is 1. The number of para-hydroxylation sites is 1. The summed E-state index contributed by atoms with van der Waals surface area (Å²) in [6.45, 7) is 1.76. The number of rotatable bonds is 5. The molecule has 2 atom stereocenters. The molecular weight excluding hydrogens is 386 g/mol. The summed E-state index contributed by atoms with van der Waals surface area (Å²) in [4.78, 5) is 54.3. The van der Waals surface area contributed by atoms with Crippen LogP contribution in [0.3, 0.4) is 0 Å². The van der Waals surface area contributed by atoms with Crippen LogP contribution in [0.4, 0.5) is 5.69 Å². The molecule has 0 unspecified atom stereocenters. The molecule has 1 aromatic carbocycles. The van der Waals surface area contributed by atoms with Crippen LogP contribution >= 0.6 is 0 Å². The van der Waals surface area contributed by atoms with Crippen LogP contribution in [0.25, 0.3) is 0 Å². The molecule has 2 aliphatic heterocycles. The van der Waals surface area contributed by atoms with E-state index in [1.54, 1.807) is 4.90 Å². The number of nitrogens with zero attached hydrogens (tertiary/aromatic N) is 3. The van der Waals surface area contributed by atoms with Gasteiger partial charge in [-0.1, -0.05) is 31.0 Å².